The van der Waals surface area contributed by atoms with Crippen molar-refractivity contribution in [1.29, 1.82) is 0 Å². The number of aryl methyl sites for hydroxylation is 2. The molecule has 0 bridgehead atoms. The van der Waals surface area contributed by atoms with Crippen LogP contribution in [0.15, 0.2) is 48.5 Å². The molecule has 0 saturated heterocycles. The molecule has 4 aromatic rings. The fourth-order valence-corrected chi connectivity index (χ4v) is 2.78. The largest absolute Gasteiger partial charge is 0.319 e. The Hall–Kier alpha value is -3.28. The molecule has 6 nitrogen and oxygen atoms in total. The number of carbonyl (C=O) groups is 1. The van der Waals surface area contributed by atoms with Crippen LogP contribution in [-0.2, 0) is 0 Å². The number of nitrogens with zero attached hydrogens (tertiary/aromatic N) is 4. The van der Waals surface area contributed by atoms with Crippen molar-refractivity contribution < 1.29 is 4.79 Å². The Labute approximate surface area is 138 Å². The predicted molar refractivity (Wildman–Crippen MR) is 92.2 cm³/mol. The number of amides is 1. The van der Waals surface area contributed by atoms with E-state index in [-0.39, 0.29) is 11.7 Å². The molecule has 0 saturated carbocycles. The summed E-state index contributed by atoms with van der Waals surface area (Å²) in [4.78, 5) is 21.1. The van der Waals surface area contributed by atoms with E-state index in [0.29, 0.717) is 5.78 Å². The zero-order valence-corrected chi connectivity index (χ0v) is 13.3. The van der Waals surface area contributed by atoms with E-state index in [0.717, 1.165) is 27.8 Å². The molecule has 1 amide bonds. The minimum absolute atomic E-state index is 0.101. The lowest BCUT2D eigenvalue weighted by Gasteiger charge is -2.06. The molecule has 0 radical (unpaired) electrons. The minimum atomic E-state index is -0.353. The van der Waals surface area contributed by atoms with Gasteiger partial charge in [-0.3, -0.25) is 4.79 Å². The number of nitrogens with one attached hydrogen (secondary N) is 1. The third kappa shape index (κ3) is 2.38. The number of benzene rings is 2. The van der Waals surface area contributed by atoms with E-state index in [4.69, 9.17) is 0 Å². The van der Waals surface area contributed by atoms with Crippen LogP contribution < -0.4 is 5.32 Å². The van der Waals surface area contributed by atoms with E-state index in [1.54, 1.807) is 4.52 Å². The number of carbonyl (C=O) groups excluding carboxylic acids is 1. The Bertz CT molecular complexity index is 1080. The molecule has 1 N–H and O–H groups in total. The minimum Gasteiger partial charge on any atom is -0.319 e. The quantitative estimate of drug-likeness (QED) is 0.616. The Morgan fingerprint density at radius 2 is 1.83 bits per heavy atom. The number of rotatable bonds is 2. The van der Waals surface area contributed by atoms with Crippen LogP contribution in [0.2, 0.25) is 0 Å². The molecule has 118 valence electrons. The van der Waals surface area contributed by atoms with Crippen molar-refractivity contribution in [2.45, 2.75) is 13.8 Å². The first-order chi connectivity index (χ1) is 11.6. The van der Waals surface area contributed by atoms with Gasteiger partial charge in [0, 0.05) is 22.5 Å². The third-order valence-electron chi connectivity index (χ3n) is 3.86. The van der Waals surface area contributed by atoms with Crippen LogP contribution in [0.3, 0.4) is 0 Å². The second-order valence-corrected chi connectivity index (χ2v) is 5.67. The maximum atomic E-state index is 12.5. The highest BCUT2D eigenvalue weighted by Crippen LogP contribution is 2.23. The van der Waals surface area contributed by atoms with E-state index in [1.165, 1.54) is 0 Å². The van der Waals surface area contributed by atoms with Crippen LogP contribution in [-0.4, -0.2) is 25.5 Å². The molecule has 0 aliphatic rings. The van der Waals surface area contributed by atoms with Crippen LogP contribution in [0.25, 0.3) is 16.6 Å². The third-order valence-corrected chi connectivity index (χ3v) is 3.86. The first-order valence-electron chi connectivity index (χ1n) is 7.62. The van der Waals surface area contributed by atoms with E-state index in [2.05, 4.69) is 20.4 Å². The molecule has 0 atom stereocenters. The highest BCUT2D eigenvalue weighted by molar-refractivity contribution is 6.07. The molecule has 6 heteroatoms. The van der Waals surface area contributed by atoms with Crippen LogP contribution in [0.4, 0.5) is 5.69 Å². The molecule has 0 spiro atoms. The van der Waals surface area contributed by atoms with Crippen molar-refractivity contribution in [3.8, 4) is 0 Å². The number of hydrogen-bond donors (Lipinski definition) is 1. The maximum Gasteiger partial charge on any atom is 0.295 e. The summed E-state index contributed by atoms with van der Waals surface area (Å²) >= 11 is 0. The molecule has 0 fully saturated rings. The Kier molecular flexibility index (Phi) is 3.23. The second kappa shape index (κ2) is 5.42. The van der Waals surface area contributed by atoms with E-state index in [9.17, 15) is 4.79 Å². The van der Waals surface area contributed by atoms with Crippen molar-refractivity contribution in [3.63, 3.8) is 0 Å². The Morgan fingerprint density at radius 1 is 1.04 bits per heavy atom. The van der Waals surface area contributed by atoms with Gasteiger partial charge < -0.3 is 5.32 Å². The fourth-order valence-electron chi connectivity index (χ4n) is 2.78. The Balaban J connectivity index is 1.72. The molecule has 0 aliphatic heterocycles. The van der Waals surface area contributed by atoms with Gasteiger partial charge in [-0.15, -0.1) is 5.10 Å². The van der Waals surface area contributed by atoms with Gasteiger partial charge in [0.15, 0.2) is 0 Å². The molecular formula is C18H15N5O. The summed E-state index contributed by atoms with van der Waals surface area (Å²) < 4.78 is 1.57. The van der Waals surface area contributed by atoms with Gasteiger partial charge in [-0.25, -0.2) is 9.50 Å². The van der Waals surface area contributed by atoms with Crippen molar-refractivity contribution >= 4 is 28.1 Å². The highest BCUT2D eigenvalue weighted by Gasteiger charge is 2.16. The topological polar surface area (TPSA) is 72.2 Å². The molecule has 2 heterocycles. The van der Waals surface area contributed by atoms with Gasteiger partial charge in [-0.05, 0) is 31.4 Å². The smallest absolute Gasteiger partial charge is 0.295 e. The molecule has 4 rings (SSSR count). The SMILES string of the molecule is Cc1cc(C)n2nc(C(=O)Nc3cccc4ccccc34)nc2n1. The van der Waals surface area contributed by atoms with Gasteiger partial charge in [0.05, 0.1) is 0 Å². The van der Waals surface area contributed by atoms with E-state index >= 15 is 0 Å². The summed E-state index contributed by atoms with van der Waals surface area (Å²) in [5.41, 5.74) is 2.46. The molecule has 0 unspecified atom stereocenters. The zero-order valence-electron chi connectivity index (χ0n) is 13.3. The average Bonchev–Trinajstić information content (AvgIpc) is 3.00. The highest BCUT2D eigenvalue weighted by atomic mass is 16.2. The molecule has 0 aliphatic carbocycles. The molecule has 24 heavy (non-hydrogen) atoms. The van der Waals surface area contributed by atoms with E-state index in [1.807, 2.05) is 62.4 Å². The summed E-state index contributed by atoms with van der Waals surface area (Å²) in [5.74, 6) is 0.175. The number of aromatic nitrogens is 4. The fraction of sp³-hybridized carbons (Fsp3) is 0.111. The van der Waals surface area contributed by atoms with Crippen molar-refractivity contribution in [2.24, 2.45) is 0 Å². The van der Waals surface area contributed by atoms with Crippen molar-refractivity contribution in [1.82, 2.24) is 19.6 Å². The molecular weight excluding hydrogens is 302 g/mol. The number of anilines is 1. The monoisotopic (exact) mass is 317 g/mol. The van der Waals surface area contributed by atoms with Gasteiger partial charge in [-0.1, -0.05) is 36.4 Å². The van der Waals surface area contributed by atoms with Crippen LogP contribution in [0, 0.1) is 13.8 Å². The van der Waals surface area contributed by atoms with Gasteiger partial charge in [0.25, 0.3) is 11.7 Å². The zero-order chi connectivity index (χ0) is 16.7. The first-order valence-corrected chi connectivity index (χ1v) is 7.62. The summed E-state index contributed by atoms with van der Waals surface area (Å²) in [7, 11) is 0. The summed E-state index contributed by atoms with van der Waals surface area (Å²) in [6, 6.07) is 15.6. The lowest BCUT2D eigenvalue weighted by molar-refractivity contribution is 0.101. The lowest BCUT2D eigenvalue weighted by atomic mass is 10.1. The van der Waals surface area contributed by atoms with Crippen molar-refractivity contribution in [2.75, 3.05) is 5.32 Å². The second-order valence-electron chi connectivity index (χ2n) is 5.67. The first kappa shape index (κ1) is 14.3. The van der Waals surface area contributed by atoms with Gasteiger partial charge in [0.1, 0.15) is 0 Å². The summed E-state index contributed by atoms with van der Waals surface area (Å²) in [6.45, 7) is 3.79. The van der Waals surface area contributed by atoms with Gasteiger partial charge in [0.2, 0.25) is 5.82 Å². The van der Waals surface area contributed by atoms with Gasteiger partial charge >= 0.3 is 0 Å². The van der Waals surface area contributed by atoms with E-state index < -0.39 is 0 Å². The Morgan fingerprint density at radius 3 is 2.71 bits per heavy atom. The van der Waals surface area contributed by atoms with Crippen LogP contribution in [0.1, 0.15) is 22.0 Å². The summed E-state index contributed by atoms with van der Waals surface area (Å²) in [5, 5.41) is 9.19. The standard InChI is InChI=1S/C18H15N5O/c1-11-10-12(2)23-18(19-11)21-16(22-23)17(24)20-15-9-5-7-13-6-3-4-8-14(13)15/h3-10H,1-2H3,(H,20,24). The predicted octanol–water partition coefficient (Wildman–Crippen LogP) is 3.15. The summed E-state index contributed by atoms with van der Waals surface area (Å²) in [6.07, 6.45) is 0. The van der Waals surface area contributed by atoms with Crippen LogP contribution >= 0.6 is 0 Å². The maximum absolute atomic E-state index is 12.5. The molecule has 2 aromatic heterocycles. The normalized spacial score (nSPS) is 11.1. The van der Waals surface area contributed by atoms with Crippen LogP contribution in [0.5, 0.6) is 0 Å². The molecule has 2 aromatic carbocycles. The number of fused-ring (bicyclic) bond motifs is 2. The number of hydrogen-bond acceptors (Lipinski definition) is 4. The average molecular weight is 317 g/mol. The lowest BCUT2D eigenvalue weighted by Crippen LogP contribution is -2.14. The van der Waals surface area contributed by atoms with Gasteiger partial charge in [-0.2, -0.15) is 4.98 Å². The van der Waals surface area contributed by atoms with Crippen molar-refractivity contribution in [3.05, 3.63) is 65.7 Å².